The smallest absolute Gasteiger partial charge is 0.125 e. The highest BCUT2D eigenvalue weighted by atomic mass is 16.5. The summed E-state index contributed by atoms with van der Waals surface area (Å²) in [7, 11) is 0. The summed E-state index contributed by atoms with van der Waals surface area (Å²) >= 11 is 0. The number of rotatable bonds is 6. The van der Waals surface area contributed by atoms with Gasteiger partial charge < -0.3 is 9.47 Å². The standard InChI is InChI=1S/C16H26O2/c1-11(2)9-17-10-15-7-13(5)16(14(6)8-15)18-12(3)4/h7-8,11-12H,9-10H2,1-6H3. The molecule has 0 aromatic heterocycles. The maximum absolute atomic E-state index is 5.83. The highest BCUT2D eigenvalue weighted by Gasteiger charge is 2.08. The molecule has 0 spiro atoms. The van der Waals surface area contributed by atoms with E-state index in [1.165, 1.54) is 16.7 Å². The highest BCUT2D eigenvalue weighted by Crippen LogP contribution is 2.26. The first-order valence-corrected chi connectivity index (χ1v) is 6.74. The van der Waals surface area contributed by atoms with E-state index in [-0.39, 0.29) is 6.10 Å². The summed E-state index contributed by atoms with van der Waals surface area (Å²) in [4.78, 5) is 0. The summed E-state index contributed by atoms with van der Waals surface area (Å²) < 4.78 is 11.5. The quantitative estimate of drug-likeness (QED) is 0.751. The zero-order valence-corrected chi connectivity index (χ0v) is 12.5. The second-order valence-corrected chi connectivity index (χ2v) is 5.63. The monoisotopic (exact) mass is 250 g/mol. The van der Waals surface area contributed by atoms with Gasteiger partial charge in [-0.1, -0.05) is 26.0 Å². The molecule has 18 heavy (non-hydrogen) atoms. The van der Waals surface area contributed by atoms with Gasteiger partial charge >= 0.3 is 0 Å². The van der Waals surface area contributed by atoms with E-state index in [9.17, 15) is 0 Å². The molecule has 0 atom stereocenters. The molecule has 1 aromatic carbocycles. The predicted molar refractivity (Wildman–Crippen MR) is 76.2 cm³/mol. The number of aryl methyl sites for hydroxylation is 2. The molecule has 0 radical (unpaired) electrons. The lowest BCUT2D eigenvalue weighted by atomic mass is 10.1. The molecule has 0 aliphatic rings. The lowest BCUT2D eigenvalue weighted by molar-refractivity contribution is 0.0969. The largest absolute Gasteiger partial charge is 0.490 e. The summed E-state index contributed by atoms with van der Waals surface area (Å²) in [5.74, 6) is 1.59. The first-order valence-electron chi connectivity index (χ1n) is 6.74. The Morgan fingerprint density at radius 3 is 2.00 bits per heavy atom. The third-order valence-corrected chi connectivity index (χ3v) is 2.59. The van der Waals surface area contributed by atoms with Gasteiger partial charge in [0.05, 0.1) is 12.7 Å². The van der Waals surface area contributed by atoms with E-state index in [2.05, 4.69) is 53.7 Å². The highest BCUT2D eigenvalue weighted by molar-refractivity contribution is 5.43. The summed E-state index contributed by atoms with van der Waals surface area (Å²) in [6.07, 6.45) is 0.213. The van der Waals surface area contributed by atoms with Crippen LogP contribution in [-0.4, -0.2) is 12.7 Å². The van der Waals surface area contributed by atoms with Crippen molar-refractivity contribution in [2.45, 2.75) is 54.3 Å². The van der Waals surface area contributed by atoms with Crippen LogP contribution < -0.4 is 4.74 Å². The molecule has 0 unspecified atom stereocenters. The molecule has 0 heterocycles. The average Bonchev–Trinajstić information content (AvgIpc) is 2.22. The number of benzene rings is 1. The van der Waals surface area contributed by atoms with Crippen LogP contribution in [0.3, 0.4) is 0 Å². The van der Waals surface area contributed by atoms with E-state index in [1.807, 2.05) is 0 Å². The predicted octanol–water partition coefficient (Wildman–Crippen LogP) is 4.26. The van der Waals surface area contributed by atoms with E-state index in [0.717, 1.165) is 12.4 Å². The molecular formula is C16H26O2. The van der Waals surface area contributed by atoms with Gasteiger partial charge in [0.15, 0.2) is 0 Å². The fraction of sp³-hybridized carbons (Fsp3) is 0.625. The maximum atomic E-state index is 5.83. The summed E-state index contributed by atoms with van der Waals surface area (Å²) in [6, 6.07) is 4.32. The third kappa shape index (κ3) is 4.69. The van der Waals surface area contributed by atoms with Crippen molar-refractivity contribution in [3.8, 4) is 5.75 Å². The van der Waals surface area contributed by atoms with Crippen LogP contribution in [0.4, 0.5) is 0 Å². The van der Waals surface area contributed by atoms with E-state index < -0.39 is 0 Å². The van der Waals surface area contributed by atoms with Crippen LogP contribution in [0.5, 0.6) is 5.75 Å². The van der Waals surface area contributed by atoms with Crippen molar-refractivity contribution in [3.05, 3.63) is 28.8 Å². The normalized spacial score (nSPS) is 11.3. The maximum Gasteiger partial charge on any atom is 0.125 e. The Morgan fingerprint density at radius 2 is 1.56 bits per heavy atom. The van der Waals surface area contributed by atoms with Crippen molar-refractivity contribution in [1.82, 2.24) is 0 Å². The van der Waals surface area contributed by atoms with Crippen LogP contribution in [0.15, 0.2) is 12.1 Å². The van der Waals surface area contributed by atoms with Gasteiger partial charge in [0.25, 0.3) is 0 Å². The summed E-state index contributed by atoms with van der Waals surface area (Å²) in [5.41, 5.74) is 3.60. The van der Waals surface area contributed by atoms with Gasteiger partial charge in [-0.3, -0.25) is 0 Å². The molecule has 0 fully saturated rings. The van der Waals surface area contributed by atoms with Crippen molar-refractivity contribution in [1.29, 1.82) is 0 Å². The topological polar surface area (TPSA) is 18.5 Å². The summed E-state index contributed by atoms with van der Waals surface area (Å²) in [5, 5.41) is 0. The minimum Gasteiger partial charge on any atom is -0.490 e. The molecule has 1 rings (SSSR count). The fourth-order valence-electron chi connectivity index (χ4n) is 1.96. The van der Waals surface area contributed by atoms with Crippen LogP contribution in [0, 0.1) is 19.8 Å². The molecular weight excluding hydrogens is 224 g/mol. The van der Waals surface area contributed by atoms with Crippen LogP contribution in [0.25, 0.3) is 0 Å². The van der Waals surface area contributed by atoms with E-state index >= 15 is 0 Å². The van der Waals surface area contributed by atoms with Gasteiger partial charge in [-0.15, -0.1) is 0 Å². The van der Waals surface area contributed by atoms with Gasteiger partial charge in [-0.2, -0.15) is 0 Å². The minimum absolute atomic E-state index is 0.213. The van der Waals surface area contributed by atoms with E-state index in [0.29, 0.717) is 12.5 Å². The van der Waals surface area contributed by atoms with Crippen molar-refractivity contribution in [3.63, 3.8) is 0 Å². The lowest BCUT2D eigenvalue weighted by Crippen LogP contribution is -2.09. The van der Waals surface area contributed by atoms with Crippen LogP contribution in [0.2, 0.25) is 0 Å². The SMILES string of the molecule is Cc1cc(COCC(C)C)cc(C)c1OC(C)C. The van der Waals surface area contributed by atoms with E-state index in [4.69, 9.17) is 9.47 Å². The Morgan fingerprint density at radius 1 is 1.00 bits per heavy atom. The zero-order valence-electron chi connectivity index (χ0n) is 12.5. The molecule has 0 aliphatic heterocycles. The van der Waals surface area contributed by atoms with Crippen LogP contribution in [-0.2, 0) is 11.3 Å². The Kier molecular flexibility index (Phi) is 5.67. The van der Waals surface area contributed by atoms with Gasteiger partial charge in [0.1, 0.15) is 5.75 Å². The van der Waals surface area contributed by atoms with Gasteiger partial charge in [-0.05, 0) is 50.3 Å². The Hall–Kier alpha value is -1.02. The van der Waals surface area contributed by atoms with Crippen molar-refractivity contribution in [2.24, 2.45) is 5.92 Å². The number of ether oxygens (including phenoxy) is 2. The number of hydrogen-bond acceptors (Lipinski definition) is 2. The minimum atomic E-state index is 0.213. The van der Waals surface area contributed by atoms with Crippen molar-refractivity contribution < 1.29 is 9.47 Å². The Balaban J connectivity index is 2.73. The van der Waals surface area contributed by atoms with Crippen molar-refractivity contribution >= 4 is 0 Å². The molecule has 0 saturated carbocycles. The first-order chi connectivity index (χ1) is 8.40. The lowest BCUT2D eigenvalue weighted by Gasteiger charge is -2.16. The van der Waals surface area contributed by atoms with Crippen LogP contribution >= 0.6 is 0 Å². The molecule has 0 saturated heterocycles. The van der Waals surface area contributed by atoms with E-state index in [1.54, 1.807) is 0 Å². The molecule has 102 valence electrons. The third-order valence-electron chi connectivity index (χ3n) is 2.59. The zero-order chi connectivity index (χ0) is 13.7. The summed E-state index contributed by atoms with van der Waals surface area (Å²) in [6.45, 7) is 14.1. The molecule has 0 N–H and O–H groups in total. The van der Waals surface area contributed by atoms with Crippen LogP contribution in [0.1, 0.15) is 44.4 Å². The van der Waals surface area contributed by atoms with Crippen molar-refractivity contribution in [2.75, 3.05) is 6.61 Å². The Bertz CT molecular complexity index is 358. The van der Waals surface area contributed by atoms with Gasteiger partial charge in [-0.25, -0.2) is 0 Å². The second-order valence-electron chi connectivity index (χ2n) is 5.63. The molecule has 2 heteroatoms. The molecule has 0 aliphatic carbocycles. The average molecular weight is 250 g/mol. The second kappa shape index (κ2) is 6.79. The molecule has 1 aromatic rings. The fourth-order valence-corrected chi connectivity index (χ4v) is 1.96. The van der Waals surface area contributed by atoms with Gasteiger partial charge in [0.2, 0.25) is 0 Å². The first kappa shape index (κ1) is 15.0. The Labute approximate surface area is 111 Å². The molecule has 0 amide bonds. The molecule has 2 nitrogen and oxygen atoms in total. The molecule has 0 bridgehead atoms. The van der Waals surface area contributed by atoms with Gasteiger partial charge in [0, 0.05) is 6.61 Å². The number of hydrogen-bond donors (Lipinski definition) is 0.